The molecule has 1 N–H and O–H groups in total. The first-order valence-corrected chi connectivity index (χ1v) is 4.54. The van der Waals surface area contributed by atoms with E-state index < -0.39 is 0 Å². The summed E-state index contributed by atoms with van der Waals surface area (Å²) in [6.07, 6.45) is 5.13. The molecule has 0 saturated heterocycles. The van der Waals surface area contributed by atoms with Crippen LogP contribution in [0.25, 0.3) is 0 Å². The van der Waals surface area contributed by atoms with Gasteiger partial charge in [-0.25, -0.2) is 0 Å². The van der Waals surface area contributed by atoms with E-state index in [2.05, 4.69) is 4.98 Å². The minimum Gasteiger partial charge on any atom is -0.492 e. The highest BCUT2D eigenvalue weighted by atomic mass is 16.5. The lowest BCUT2D eigenvalue weighted by atomic mass is 10.2. The molecular formula is C10H15NO2. The summed E-state index contributed by atoms with van der Waals surface area (Å²) in [6, 6.07) is 1.96. The molecule has 13 heavy (non-hydrogen) atoms. The minimum atomic E-state index is 0.221. The highest BCUT2D eigenvalue weighted by Crippen LogP contribution is 2.12. The Morgan fingerprint density at radius 3 is 3.00 bits per heavy atom. The van der Waals surface area contributed by atoms with Gasteiger partial charge >= 0.3 is 0 Å². The third kappa shape index (κ3) is 3.42. The SMILES string of the molecule is CCOc1cncc(CCCO)c1. The van der Waals surface area contributed by atoms with Crippen LogP contribution in [0.4, 0.5) is 0 Å². The van der Waals surface area contributed by atoms with Crippen molar-refractivity contribution in [3.05, 3.63) is 24.0 Å². The number of rotatable bonds is 5. The van der Waals surface area contributed by atoms with Crippen LogP contribution in [-0.4, -0.2) is 23.3 Å². The maximum Gasteiger partial charge on any atom is 0.137 e. The van der Waals surface area contributed by atoms with Gasteiger partial charge in [0.05, 0.1) is 12.8 Å². The summed E-state index contributed by atoms with van der Waals surface area (Å²) >= 11 is 0. The second-order valence-electron chi connectivity index (χ2n) is 2.79. The molecule has 0 atom stereocenters. The van der Waals surface area contributed by atoms with Gasteiger partial charge in [0.2, 0.25) is 0 Å². The molecule has 1 aromatic rings. The van der Waals surface area contributed by atoms with Crippen molar-refractivity contribution in [2.45, 2.75) is 19.8 Å². The Bertz CT molecular complexity index is 250. The highest BCUT2D eigenvalue weighted by molar-refractivity contribution is 5.23. The molecule has 3 nitrogen and oxygen atoms in total. The number of ether oxygens (including phenoxy) is 1. The quantitative estimate of drug-likeness (QED) is 0.746. The molecule has 72 valence electrons. The lowest BCUT2D eigenvalue weighted by molar-refractivity contribution is 0.288. The molecule has 1 rings (SSSR count). The second-order valence-corrected chi connectivity index (χ2v) is 2.79. The molecule has 0 saturated carbocycles. The Kier molecular flexibility index (Phi) is 4.26. The summed E-state index contributed by atoms with van der Waals surface area (Å²) in [5.74, 6) is 0.804. The average Bonchev–Trinajstić information content (AvgIpc) is 2.16. The molecular weight excluding hydrogens is 166 g/mol. The van der Waals surface area contributed by atoms with Gasteiger partial charge < -0.3 is 9.84 Å². The van der Waals surface area contributed by atoms with E-state index in [0.717, 1.165) is 24.2 Å². The van der Waals surface area contributed by atoms with Gasteiger partial charge in [-0.05, 0) is 31.4 Å². The molecule has 0 aliphatic heterocycles. The van der Waals surface area contributed by atoms with E-state index in [1.54, 1.807) is 12.4 Å². The number of hydrogen-bond acceptors (Lipinski definition) is 3. The Morgan fingerprint density at radius 2 is 2.31 bits per heavy atom. The van der Waals surface area contributed by atoms with Crippen LogP contribution < -0.4 is 4.74 Å². The van der Waals surface area contributed by atoms with Crippen LogP contribution in [0.15, 0.2) is 18.5 Å². The van der Waals surface area contributed by atoms with Gasteiger partial charge in [-0.1, -0.05) is 0 Å². The Hall–Kier alpha value is -1.09. The summed E-state index contributed by atoms with van der Waals surface area (Å²) in [5.41, 5.74) is 1.11. The Morgan fingerprint density at radius 1 is 1.46 bits per heavy atom. The van der Waals surface area contributed by atoms with Gasteiger partial charge in [-0.2, -0.15) is 0 Å². The van der Waals surface area contributed by atoms with Crippen molar-refractivity contribution in [3.8, 4) is 5.75 Å². The van der Waals surface area contributed by atoms with Crippen molar-refractivity contribution in [1.29, 1.82) is 0 Å². The van der Waals surface area contributed by atoms with Crippen molar-refractivity contribution in [3.63, 3.8) is 0 Å². The number of aliphatic hydroxyl groups excluding tert-OH is 1. The topological polar surface area (TPSA) is 42.4 Å². The molecule has 0 bridgehead atoms. The fraction of sp³-hybridized carbons (Fsp3) is 0.500. The number of aromatic nitrogens is 1. The lowest BCUT2D eigenvalue weighted by Gasteiger charge is -2.04. The van der Waals surface area contributed by atoms with Crippen LogP contribution in [0.1, 0.15) is 18.9 Å². The van der Waals surface area contributed by atoms with Crippen LogP contribution in [0.5, 0.6) is 5.75 Å². The fourth-order valence-electron chi connectivity index (χ4n) is 1.13. The monoisotopic (exact) mass is 181 g/mol. The van der Waals surface area contributed by atoms with Crippen molar-refractivity contribution in [1.82, 2.24) is 4.98 Å². The molecule has 0 aliphatic rings. The predicted molar refractivity (Wildman–Crippen MR) is 50.8 cm³/mol. The summed E-state index contributed by atoms with van der Waals surface area (Å²) in [7, 11) is 0. The van der Waals surface area contributed by atoms with Crippen LogP contribution in [0.3, 0.4) is 0 Å². The number of nitrogens with zero attached hydrogens (tertiary/aromatic N) is 1. The first-order chi connectivity index (χ1) is 6.36. The minimum absolute atomic E-state index is 0.221. The molecule has 0 radical (unpaired) electrons. The summed E-state index contributed by atoms with van der Waals surface area (Å²) in [4.78, 5) is 4.05. The number of pyridine rings is 1. The van der Waals surface area contributed by atoms with E-state index in [9.17, 15) is 0 Å². The van der Waals surface area contributed by atoms with E-state index in [-0.39, 0.29) is 6.61 Å². The fourth-order valence-corrected chi connectivity index (χ4v) is 1.13. The highest BCUT2D eigenvalue weighted by Gasteiger charge is 1.96. The van der Waals surface area contributed by atoms with Gasteiger partial charge in [0.1, 0.15) is 5.75 Å². The normalized spacial score (nSPS) is 10.0. The molecule has 0 spiro atoms. The molecule has 0 amide bonds. The molecule has 1 heterocycles. The van der Waals surface area contributed by atoms with Crippen molar-refractivity contribution in [2.75, 3.05) is 13.2 Å². The Labute approximate surface area is 78.4 Å². The second kappa shape index (κ2) is 5.54. The van der Waals surface area contributed by atoms with E-state index in [1.807, 2.05) is 13.0 Å². The summed E-state index contributed by atoms with van der Waals surface area (Å²) in [5, 5.41) is 8.65. The smallest absolute Gasteiger partial charge is 0.137 e. The van der Waals surface area contributed by atoms with Crippen LogP contribution in [-0.2, 0) is 6.42 Å². The number of hydrogen-bond donors (Lipinski definition) is 1. The zero-order valence-corrected chi connectivity index (χ0v) is 7.86. The predicted octanol–water partition coefficient (Wildman–Crippen LogP) is 1.41. The van der Waals surface area contributed by atoms with Crippen molar-refractivity contribution >= 4 is 0 Å². The first kappa shape index (κ1) is 9.99. The molecule has 0 aromatic carbocycles. The molecule has 1 aromatic heterocycles. The van der Waals surface area contributed by atoms with Gasteiger partial charge in [0.25, 0.3) is 0 Å². The van der Waals surface area contributed by atoms with Crippen LogP contribution >= 0.6 is 0 Å². The maximum absolute atomic E-state index is 8.65. The zero-order chi connectivity index (χ0) is 9.52. The standard InChI is InChI=1S/C10H15NO2/c1-2-13-10-6-9(4-3-5-12)7-11-8-10/h6-8,12H,2-5H2,1H3. The lowest BCUT2D eigenvalue weighted by Crippen LogP contribution is -1.95. The third-order valence-electron chi connectivity index (χ3n) is 1.70. The van der Waals surface area contributed by atoms with Crippen LogP contribution in [0.2, 0.25) is 0 Å². The Balaban J connectivity index is 2.56. The van der Waals surface area contributed by atoms with Gasteiger partial charge in [-0.15, -0.1) is 0 Å². The number of aliphatic hydroxyl groups is 1. The van der Waals surface area contributed by atoms with Gasteiger partial charge in [0, 0.05) is 12.8 Å². The summed E-state index contributed by atoms with van der Waals surface area (Å²) in [6.45, 7) is 2.82. The van der Waals surface area contributed by atoms with Crippen LogP contribution in [0, 0.1) is 0 Å². The van der Waals surface area contributed by atoms with Crippen molar-refractivity contribution in [2.24, 2.45) is 0 Å². The molecule has 0 unspecified atom stereocenters. The van der Waals surface area contributed by atoms with Gasteiger partial charge in [0.15, 0.2) is 0 Å². The third-order valence-corrected chi connectivity index (χ3v) is 1.70. The molecule has 0 aliphatic carbocycles. The van der Waals surface area contributed by atoms with E-state index in [0.29, 0.717) is 6.61 Å². The molecule has 3 heteroatoms. The molecule has 0 fully saturated rings. The van der Waals surface area contributed by atoms with E-state index in [1.165, 1.54) is 0 Å². The van der Waals surface area contributed by atoms with E-state index in [4.69, 9.17) is 9.84 Å². The van der Waals surface area contributed by atoms with Gasteiger partial charge in [-0.3, -0.25) is 4.98 Å². The van der Waals surface area contributed by atoms with E-state index >= 15 is 0 Å². The largest absolute Gasteiger partial charge is 0.492 e. The number of aryl methyl sites for hydroxylation is 1. The zero-order valence-electron chi connectivity index (χ0n) is 7.86. The first-order valence-electron chi connectivity index (χ1n) is 4.54. The van der Waals surface area contributed by atoms with Crippen molar-refractivity contribution < 1.29 is 9.84 Å². The maximum atomic E-state index is 8.65. The summed E-state index contributed by atoms with van der Waals surface area (Å²) < 4.78 is 5.30. The average molecular weight is 181 g/mol.